The van der Waals surface area contributed by atoms with Gasteiger partial charge in [-0.2, -0.15) is 11.8 Å². The number of carbonyl (C=O) groups excluding carboxylic acids is 3. The van der Waals surface area contributed by atoms with Crippen molar-refractivity contribution in [3.63, 3.8) is 0 Å². The number of hydrogen-bond donors (Lipinski definition) is 9. The first-order chi connectivity index (χ1) is 17.4. The smallest absolute Gasteiger partial charge is 0.326 e. The van der Waals surface area contributed by atoms with Gasteiger partial charge in [0.2, 0.25) is 17.7 Å². The van der Waals surface area contributed by atoms with Gasteiger partial charge in [0.1, 0.15) is 18.1 Å². The third-order valence-electron chi connectivity index (χ3n) is 5.12. The van der Waals surface area contributed by atoms with Crippen molar-refractivity contribution in [2.24, 2.45) is 27.9 Å². The van der Waals surface area contributed by atoms with Gasteiger partial charge >= 0.3 is 11.9 Å². The van der Waals surface area contributed by atoms with Gasteiger partial charge in [0, 0.05) is 6.54 Å². The largest absolute Gasteiger partial charge is 0.481 e. The van der Waals surface area contributed by atoms with Crippen molar-refractivity contribution in [2.45, 2.75) is 69.1 Å². The van der Waals surface area contributed by atoms with E-state index in [-0.39, 0.29) is 31.8 Å². The minimum absolute atomic E-state index is 0.0574. The minimum atomic E-state index is -1.59. The maximum absolute atomic E-state index is 13.0. The van der Waals surface area contributed by atoms with Crippen LogP contribution in [0.4, 0.5) is 0 Å². The number of aliphatic imine (C=N–C) groups is 1. The molecular formula is C21H40N8O7S. The second-order valence-electron chi connectivity index (χ2n) is 8.24. The van der Waals surface area contributed by atoms with Gasteiger partial charge in [0.15, 0.2) is 5.96 Å². The van der Waals surface area contributed by atoms with Crippen LogP contribution >= 0.6 is 11.8 Å². The lowest BCUT2D eigenvalue weighted by atomic mass is 10.1. The van der Waals surface area contributed by atoms with E-state index >= 15 is 0 Å². The number of guanidine groups is 1. The molecule has 0 aliphatic rings. The van der Waals surface area contributed by atoms with Crippen molar-refractivity contribution in [3.8, 4) is 0 Å². The maximum Gasteiger partial charge on any atom is 0.326 e. The Morgan fingerprint density at radius 3 is 1.95 bits per heavy atom. The van der Waals surface area contributed by atoms with Gasteiger partial charge in [-0.3, -0.25) is 24.2 Å². The Hall–Kier alpha value is -3.11. The number of unbranched alkanes of at least 4 members (excludes halogenated alkanes) is 1. The molecule has 37 heavy (non-hydrogen) atoms. The summed E-state index contributed by atoms with van der Waals surface area (Å²) in [6.45, 7) is 0.498. The average molecular weight is 549 g/mol. The molecule has 0 saturated heterocycles. The van der Waals surface area contributed by atoms with Gasteiger partial charge < -0.3 is 49.1 Å². The Morgan fingerprint density at radius 2 is 1.41 bits per heavy atom. The zero-order valence-electron chi connectivity index (χ0n) is 21.0. The van der Waals surface area contributed by atoms with Crippen LogP contribution in [0.25, 0.3) is 0 Å². The van der Waals surface area contributed by atoms with Gasteiger partial charge in [-0.15, -0.1) is 0 Å². The number of carbonyl (C=O) groups is 5. The van der Waals surface area contributed by atoms with Crippen LogP contribution in [0.5, 0.6) is 0 Å². The van der Waals surface area contributed by atoms with Crippen LogP contribution in [-0.2, 0) is 24.0 Å². The number of thioether (sulfide) groups is 1. The number of nitrogens with zero attached hydrogens (tertiary/aromatic N) is 1. The molecule has 0 aliphatic carbocycles. The van der Waals surface area contributed by atoms with Crippen LogP contribution in [0.1, 0.15) is 44.9 Å². The van der Waals surface area contributed by atoms with Crippen LogP contribution in [0, 0.1) is 0 Å². The van der Waals surface area contributed by atoms with Crippen LogP contribution in [-0.4, -0.2) is 95.1 Å². The Balaban J connectivity index is 5.56. The zero-order chi connectivity index (χ0) is 28.4. The standard InChI is InChI=1S/C21H40N8O7S/c1-37-10-7-12(23)17(32)27-13(6-4-9-26-21(24)25)18(33)29-15(11-16(30)31)19(34)28-14(20(35)36)5-2-3-8-22/h12-15H,2-11,22-23H2,1H3,(H,27,32)(H,28,34)(H,29,33)(H,30,31)(H,35,36)(H4,24,25,26). The minimum Gasteiger partial charge on any atom is -0.481 e. The molecule has 212 valence electrons. The van der Waals surface area contributed by atoms with Crippen molar-refractivity contribution in [1.82, 2.24) is 16.0 Å². The van der Waals surface area contributed by atoms with Gasteiger partial charge in [0.25, 0.3) is 0 Å². The van der Waals surface area contributed by atoms with Crippen LogP contribution in [0.3, 0.4) is 0 Å². The number of nitrogens with one attached hydrogen (secondary N) is 3. The molecular weight excluding hydrogens is 508 g/mol. The zero-order valence-corrected chi connectivity index (χ0v) is 21.8. The monoisotopic (exact) mass is 548 g/mol. The van der Waals surface area contributed by atoms with E-state index in [0.717, 1.165) is 0 Å². The number of amides is 3. The first-order valence-electron chi connectivity index (χ1n) is 11.8. The molecule has 3 amide bonds. The molecule has 0 radical (unpaired) electrons. The lowest BCUT2D eigenvalue weighted by Gasteiger charge is -2.24. The van der Waals surface area contributed by atoms with Gasteiger partial charge in [0.05, 0.1) is 12.5 Å². The molecule has 0 aromatic rings. The quantitative estimate of drug-likeness (QED) is 0.0425. The van der Waals surface area contributed by atoms with Crippen LogP contribution in [0.15, 0.2) is 4.99 Å². The highest BCUT2D eigenvalue weighted by Gasteiger charge is 2.31. The van der Waals surface area contributed by atoms with E-state index in [1.807, 2.05) is 6.26 Å². The highest BCUT2D eigenvalue weighted by Crippen LogP contribution is 2.06. The molecule has 4 atom stereocenters. The summed E-state index contributed by atoms with van der Waals surface area (Å²) < 4.78 is 0. The Morgan fingerprint density at radius 1 is 0.838 bits per heavy atom. The second kappa shape index (κ2) is 19.1. The molecule has 0 spiro atoms. The van der Waals surface area contributed by atoms with E-state index in [1.165, 1.54) is 11.8 Å². The first kappa shape index (κ1) is 33.9. The SMILES string of the molecule is CSCCC(N)C(=O)NC(CCCN=C(N)N)C(=O)NC(CC(=O)O)C(=O)NC(CCCCN)C(=O)O. The summed E-state index contributed by atoms with van der Waals surface area (Å²) in [5.74, 6) is -4.67. The maximum atomic E-state index is 13.0. The summed E-state index contributed by atoms with van der Waals surface area (Å²) in [7, 11) is 0. The second-order valence-corrected chi connectivity index (χ2v) is 9.23. The number of carboxylic acids is 2. The first-order valence-corrected chi connectivity index (χ1v) is 13.2. The van der Waals surface area contributed by atoms with Crippen molar-refractivity contribution in [3.05, 3.63) is 0 Å². The number of nitrogens with two attached hydrogens (primary N) is 4. The van der Waals surface area contributed by atoms with Crippen molar-refractivity contribution < 1.29 is 34.2 Å². The van der Waals surface area contributed by atoms with E-state index in [1.54, 1.807) is 0 Å². The molecule has 0 bridgehead atoms. The lowest BCUT2D eigenvalue weighted by molar-refractivity contribution is -0.143. The van der Waals surface area contributed by atoms with Gasteiger partial charge in [-0.25, -0.2) is 4.79 Å². The van der Waals surface area contributed by atoms with Crippen molar-refractivity contribution in [2.75, 3.05) is 25.1 Å². The molecule has 4 unspecified atom stereocenters. The summed E-state index contributed by atoms with van der Waals surface area (Å²) in [6.07, 6.45) is 2.76. The lowest BCUT2D eigenvalue weighted by Crippen LogP contribution is -2.57. The number of carboxylic acid groups (broad SMARTS) is 2. The Labute approximate surface area is 219 Å². The Kier molecular flexibility index (Phi) is 17.5. The van der Waals surface area contributed by atoms with E-state index < -0.39 is 60.2 Å². The molecule has 0 aromatic heterocycles. The topological polar surface area (TPSA) is 278 Å². The third-order valence-corrected chi connectivity index (χ3v) is 5.77. The van der Waals surface area contributed by atoms with Crippen LogP contribution < -0.4 is 38.9 Å². The molecule has 0 rings (SSSR count). The highest BCUT2D eigenvalue weighted by atomic mass is 32.2. The summed E-state index contributed by atoms with van der Waals surface area (Å²) in [5, 5.41) is 25.7. The molecule has 0 aromatic carbocycles. The van der Waals surface area contributed by atoms with Crippen molar-refractivity contribution >= 4 is 47.4 Å². The van der Waals surface area contributed by atoms with Crippen molar-refractivity contribution in [1.29, 1.82) is 0 Å². The molecule has 0 fully saturated rings. The summed E-state index contributed by atoms with van der Waals surface area (Å²) >= 11 is 1.50. The average Bonchev–Trinajstić information content (AvgIpc) is 2.82. The van der Waals surface area contributed by atoms with Crippen LogP contribution in [0.2, 0.25) is 0 Å². The number of aliphatic carboxylic acids is 2. The normalized spacial score (nSPS) is 13.9. The molecule has 0 heterocycles. The fraction of sp³-hybridized carbons (Fsp3) is 0.714. The molecule has 16 heteroatoms. The molecule has 0 aliphatic heterocycles. The number of hydrogen-bond acceptors (Lipinski definition) is 9. The predicted molar refractivity (Wildman–Crippen MR) is 139 cm³/mol. The van der Waals surface area contributed by atoms with E-state index in [4.69, 9.17) is 22.9 Å². The fourth-order valence-corrected chi connectivity index (χ4v) is 3.60. The highest BCUT2D eigenvalue weighted by molar-refractivity contribution is 7.98. The summed E-state index contributed by atoms with van der Waals surface area (Å²) in [6, 6.07) is -4.95. The number of rotatable bonds is 20. The Bertz CT molecular complexity index is 795. The molecule has 13 N–H and O–H groups in total. The predicted octanol–water partition coefficient (Wildman–Crippen LogP) is -2.74. The third kappa shape index (κ3) is 15.6. The molecule has 15 nitrogen and oxygen atoms in total. The van der Waals surface area contributed by atoms with Gasteiger partial charge in [-0.1, -0.05) is 0 Å². The summed E-state index contributed by atoms with van der Waals surface area (Å²) in [4.78, 5) is 64.9. The molecule has 0 saturated carbocycles. The van der Waals surface area contributed by atoms with E-state index in [0.29, 0.717) is 31.6 Å². The fourth-order valence-electron chi connectivity index (χ4n) is 3.11. The van der Waals surface area contributed by atoms with E-state index in [9.17, 15) is 34.2 Å². The van der Waals surface area contributed by atoms with Gasteiger partial charge in [-0.05, 0) is 57.1 Å². The summed E-state index contributed by atoms with van der Waals surface area (Å²) in [5.41, 5.74) is 21.9. The van der Waals surface area contributed by atoms with E-state index in [2.05, 4.69) is 20.9 Å².